The van der Waals surface area contributed by atoms with Crippen LogP contribution in [0.4, 0.5) is 0 Å². The van der Waals surface area contributed by atoms with E-state index in [2.05, 4.69) is 92.7 Å². The number of fused-ring (bicyclic) bond motifs is 2. The minimum Gasteiger partial charge on any atom is -0.496 e. The average Bonchev–Trinajstić information content (AvgIpc) is 2.78. The molecule has 1 heteroatoms. The fourth-order valence-electron chi connectivity index (χ4n) is 4.58. The maximum atomic E-state index is 5.76. The van der Waals surface area contributed by atoms with Gasteiger partial charge in [-0.1, -0.05) is 90.5 Å². The molecular weight excluding hydrogens is 364 g/mol. The van der Waals surface area contributed by atoms with Crippen LogP contribution in [0.5, 0.6) is 5.75 Å². The molecule has 1 nitrogen and oxygen atoms in total. The third-order valence-electron chi connectivity index (χ3n) is 5.97. The lowest BCUT2D eigenvalue weighted by Crippen LogP contribution is -1.94. The van der Waals surface area contributed by atoms with Gasteiger partial charge in [0.05, 0.1) is 7.11 Å². The van der Waals surface area contributed by atoms with Crippen LogP contribution in [0.2, 0.25) is 0 Å². The van der Waals surface area contributed by atoms with E-state index < -0.39 is 0 Å². The molecule has 146 valence electrons. The molecule has 0 fully saturated rings. The Bertz CT molecular complexity index is 1390. The fourth-order valence-corrected chi connectivity index (χ4v) is 4.58. The van der Waals surface area contributed by atoms with Gasteiger partial charge < -0.3 is 4.74 Å². The Morgan fingerprint density at radius 2 is 1.10 bits per heavy atom. The predicted molar refractivity (Wildman–Crippen MR) is 128 cm³/mol. The van der Waals surface area contributed by atoms with Gasteiger partial charge in [-0.15, -0.1) is 0 Å². The Morgan fingerprint density at radius 3 is 1.80 bits per heavy atom. The summed E-state index contributed by atoms with van der Waals surface area (Å²) in [6.45, 7) is 4.36. The summed E-state index contributed by atoms with van der Waals surface area (Å²) < 4.78 is 5.76. The summed E-state index contributed by atoms with van der Waals surface area (Å²) >= 11 is 0. The van der Waals surface area contributed by atoms with Crippen molar-refractivity contribution in [3.05, 3.63) is 102 Å². The highest BCUT2D eigenvalue weighted by Crippen LogP contribution is 2.46. The second-order valence-electron chi connectivity index (χ2n) is 7.86. The molecule has 0 unspecified atom stereocenters. The number of ether oxygens (including phenoxy) is 1. The van der Waals surface area contributed by atoms with Crippen molar-refractivity contribution in [1.29, 1.82) is 0 Å². The molecule has 0 aliphatic carbocycles. The van der Waals surface area contributed by atoms with Gasteiger partial charge in [-0.3, -0.25) is 0 Å². The highest BCUT2D eigenvalue weighted by molar-refractivity contribution is 6.22. The molecule has 5 aromatic rings. The number of aryl methyl sites for hydroxylation is 2. The van der Waals surface area contributed by atoms with Gasteiger partial charge in [0.25, 0.3) is 0 Å². The van der Waals surface area contributed by atoms with Crippen molar-refractivity contribution in [3.63, 3.8) is 0 Å². The van der Waals surface area contributed by atoms with E-state index in [1.165, 1.54) is 49.4 Å². The van der Waals surface area contributed by atoms with Crippen LogP contribution in [-0.4, -0.2) is 7.11 Å². The van der Waals surface area contributed by atoms with E-state index in [9.17, 15) is 0 Å². The van der Waals surface area contributed by atoms with Crippen LogP contribution < -0.4 is 4.74 Å². The number of para-hydroxylation sites is 1. The Balaban J connectivity index is 2.04. The quantitative estimate of drug-likeness (QED) is 0.285. The second kappa shape index (κ2) is 7.35. The molecule has 0 saturated carbocycles. The van der Waals surface area contributed by atoms with E-state index in [-0.39, 0.29) is 0 Å². The summed E-state index contributed by atoms with van der Waals surface area (Å²) in [6, 6.07) is 32.5. The topological polar surface area (TPSA) is 9.23 Å². The van der Waals surface area contributed by atoms with Crippen LogP contribution in [0.15, 0.2) is 91.0 Å². The van der Waals surface area contributed by atoms with Crippen LogP contribution in [0.1, 0.15) is 11.1 Å². The lowest BCUT2D eigenvalue weighted by Gasteiger charge is -2.20. The minimum absolute atomic E-state index is 0.896. The molecule has 5 rings (SSSR count). The Kier molecular flexibility index (Phi) is 4.52. The molecule has 0 saturated heterocycles. The summed E-state index contributed by atoms with van der Waals surface area (Å²) in [4.78, 5) is 0. The first-order valence-corrected chi connectivity index (χ1v) is 10.3. The molecule has 0 spiro atoms. The number of rotatable bonds is 3. The third-order valence-corrected chi connectivity index (χ3v) is 5.97. The SMILES string of the molecule is COc1ccccc1-c1c2ccccc2c(-c2ccccc2C)c2cc(C)ccc12. The molecule has 0 bridgehead atoms. The highest BCUT2D eigenvalue weighted by Gasteiger charge is 2.19. The lowest BCUT2D eigenvalue weighted by molar-refractivity contribution is 0.416. The van der Waals surface area contributed by atoms with E-state index in [4.69, 9.17) is 4.74 Å². The number of benzene rings is 5. The van der Waals surface area contributed by atoms with Crippen molar-refractivity contribution >= 4 is 21.5 Å². The first kappa shape index (κ1) is 18.4. The zero-order chi connectivity index (χ0) is 20.7. The van der Waals surface area contributed by atoms with Gasteiger partial charge in [0, 0.05) is 11.1 Å². The van der Waals surface area contributed by atoms with Gasteiger partial charge in [0.15, 0.2) is 0 Å². The van der Waals surface area contributed by atoms with Crippen molar-refractivity contribution < 1.29 is 4.74 Å². The summed E-state index contributed by atoms with van der Waals surface area (Å²) in [5, 5.41) is 5.05. The van der Waals surface area contributed by atoms with E-state index in [1.807, 2.05) is 12.1 Å². The van der Waals surface area contributed by atoms with Gasteiger partial charge in [-0.05, 0) is 58.1 Å². The third kappa shape index (κ3) is 2.86. The molecule has 0 N–H and O–H groups in total. The van der Waals surface area contributed by atoms with Crippen molar-refractivity contribution in [2.24, 2.45) is 0 Å². The standard InChI is InChI=1S/C29H24O/c1-19-16-17-24-26(18-19)28(21-11-5-4-10-20(21)2)22-12-6-7-13-23(22)29(24)25-14-8-9-15-27(25)30-3/h4-18H,1-3H3. The molecule has 30 heavy (non-hydrogen) atoms. The maximum absolute atomic E-state index is 5.76. The molecule has 0 radical (unpaired) electrons. The highest BCUT2D eigenvalue weighted by atomic mass is 16.5. The monoisotopic (exact) mass is 388 g/mol. The van der Waals surface area contributed by atoms with Crippen LogP contribution in [0, 0.1) is 13.8 Å². The van der Waals surface area contributed by atoms with Crippen LogP contribution in [0.3, 0.4) is 0 Å². The average molecular weight is 389 g/mol. The van der Waals surface area contributed by atoms with E-state index in [0.717, 1.165) is 11.3 Å². The zero-order valence-electron chi connectivity index (χ0n) is 17.6. The molecule has 0 aliphatic heterocycles. The largest absolute Gasteiger partial charge is 0.496 e. The normalized spacial score (nSPS) is 11.2. The van der Waals surface area contributed by atoms with Crippen molar-refractivity contribution in [1.82, 2.24) is 0 Å². The first-order chi connectivity index (χ1) is 14.7. The van der Waals surface area contributed by atoms with Gasteiger partial charge in [-0.25, -0.2) is 0 Å². The van der Waals surface area contributed by atoms with E-state index >= 15 is 0 Å². The van der Waals surface area contributed by atoms with Gasteiger partial charge >= 0.3 is 0 Å². The van der Waals surface area contributed by atoms with Crippen LogP contribution in [-0.2, 0) is 0 Å². The van der Waals surface area contributed by atoms with E-state index in [1.54, 1.807) is 7.11 Å². The Hall–Kier alpha value is -3.58. The zero-order valence-corrected chi connectivity index (χ0v) is 17.6. The van der Waals surface area contributed by atoms with Crippen LogP contribution in [0.25, 0.3) is 43.8 Å². The molecule has 0 heterocycles. The van der Waals surface area contributed by atoms with Gasteiger partial charge in [0.1, 0.15) is 5.75 Å². The van der Waals surface area contributed by atoms with Crippen molar-refractivity contribution in [3.8, 4) is 28.0 Å². The van der Waals surface area contributed by atoms with Crippen molar-refractivity contribution in [2.75, 3.05) is 7.11 Å². The molecule has 0 aliphatic rings. The molecule has 0 atom stereocenters. The molecule has 5 aromatic carbocycles. The van der Waals surface area contributed by atoms with E-state index in [0.29, 0.717) is 0 Å². The summed E-state index contributed by atoms with van der Waals surface area (Å²) in [5.74, 6) is 0.896. The first-order valence-electron chi connectivity index (χ1n) is 10.3. The summed E-state index contributed by atoms with van der Waals surface area (Å²) in [6.07, 6.45) is 0. The minimum atomic E-state index is 0.896. The van der Waals surface area contributed by atoms with Crippen molar-refractivity contribution in [2.45, 2.75) is 13.8 Å². The van der Waals surface area contributed by atoms with Crippen LogP contribution >= 0.6 is 0 Å². The molecule has 0 aromatic heterocycles. The van der Waals surface area contributed by atoms with Gasteiger partial charge in [-0.2, -0.15) is 0 Å². The Labute approximate surface area is 177 Å². The lowest BCUT2D eigenvalue weighted by atomic mass is 9.84. The maximum Gasteiger partial charge on any atom is 0.126 e. The second-order valence-corrected chi connectivity index (χ2v) is 7.86. The predicted octanol–water partition coefficient (Wildman–Crippen LogP) is 7.95. The number of hydrogen-bond acceptors (Lipinski definition) is 1. The fraction of sp³-hybridized carbons (Fsp3) is 0.103. The number of hydrogen-bond donors (Lipinski definition) is 0. The number of methoxy groups -OCH3 is 1. The molecular formula is C29H24O. The summed E-state index contributed by atoms with van der Waals surface area (Å²) in [7, 11) is 1.75. The molecule has 0 amide bonds. The van der Waals surface area contributed by atoms with Gasteiger partial charge in [0.2, 0.25) is 0 Å². The summed E-state index contributed by atoms with van der Waals surface area (Å²) in [5.41, 5.74) is 7.50. The Morgan fingerprint density at radius 1 is 0.533 bits per heavy atom. The smallest absolute Gasteiger partial charge is 0.126 e.